The van der Waals surface area contributed by atoms with Crippen molar-refractivity contribution in [3.05, 3.63) is 29.3 Å². The van der Waals surface area contributed by atoms with Gasteiger partial charge in [0.05, 0.1) is 7.11 Å². The fourth-order valence-electron chi connectivity index (χ4n) is 2.10. The molecule has 0 bridgehead atoms. The number of ether oxygens (including phenoxy) is 1. The maximum Gasteiger partial charge on any atom is 0.122 e. The molecule has 1 aromatic carbocycles. The first-order chi connectivity index (χ1) is 8.69. The molecule has 0 spiro atoms. The van der Waals surface area contributed by atoms with Crippen molar-refractivity contribution in [1.29, 1.82) is 0 Å². The SMILES string of the molecule is COc1cc(CN(C)CCNC2CC2)ccc1C. The zero-order chi connectivity index (χ0) is 13.0. The summed E-state index contributed by atoms with van der Waals surface area (Å²) in [5.41, 5.74) is 2.51. The Labute approximate surface area is 110 Å². The van der Waals surface area contributed by atoms with Crippen molar-refractivity contribution in [1.82, 2.24) is 10.2 Å². The molecule has 100 valence electrons. The maximum atomic E-state index is 5.36. The van der Waals surface area contributed by atoms with Crippen molar-refractivity contribution in [3.8, 4) is 5.75 Å². The van der Waals surface area contributed by atoms with E-state index >= 15 is 0 Å². The molecular formula is C15H24N2O. The van der Waals surface area contributed by atoms with Crippen LogP contribution in [-0.2, 0) is 6.54 Å². The first-order valence-corrected chi connectivity index (χ1v) is 6.74. The molecular weight excluding hydrogens is 224 g/mol. The van der Waals surface area contributed by atoms with Gasteiger partial charge in [0.15, 0.2) is 0 Å². The molecule has 0 amide bonds. The smallest absolute Gasteiger partial charge is 0.122 e. The van der Waals surface area contributed by atoms with Gasteiger partial charge in [-0.3, -0.25) is 0 Å². The third kappa shape index (κ3) is 4.00. The largest absolute Gasteiger partial charge is 0.496 e. The van der Waals surface area contributed by atoms with Crippen LogP contribution in [0.5, 0.6) is 5.75 Å². The van der Waals surface area contributed by atoms with E-state index in [1.54, 1.807) is 7.11 Å². The van der Waals surface area contributed by atoms with Crippen LogP contribution in [0.2, 0.25) is 0 Å². The van der Waals surface area contributed by atoms with E-state index in [4.69, 9.17) is 4.74 Å². The Hall–Kier alpha value is -1.06. The Kier molecular flexibility index (Phi) is 4.61. The maximum absolute atomic E-state index is 5.36. The molecule has 0 unspecified atom stereocenters. The standard InChI is InChI=1S/C15H24N2O/c1-12-4-5-13(10-15(12)18-3)11-17(2)9-8-16-14-6-7-14/h4-5,10,14,16H,6-9,11H2,1-3H3. The van der Waals surface area contributed by atoms with Crippen molar-refractivity contribution in [2.45, 2.75) is 32.4 Å². The molecule has 0 heterocycles. The number of hydrogen-bond acceptors (Lipinski definition) is 3. The Morgan fingerprint density at radius 3 is 2.83 bits per heavy atom. The molecule has 3 heteroatoms. The molecule has 0 radical (unpaired) electrons. The van der Waals surface area contributed by atoms with Crippen molar-refractivity contribution in [2.24, 2.45) is 0 Å². The number of likely N-dealkylation sites (N-methyl/N-ethyl adjacent to an activating group) is 1. The predicted octanol–water partition coefficient (Wildman–Crippen LogP) is 2.19. The van der Waals surface area contributed by atoms with Crippen LogP contribution in [-0.4, -0.2) is 38.2 Å². The van der Waals surface area contributed by atoms with E-state index in [1.165, 1.54) is 24.0 Å². The molecule has 2 rings (SSSR count). The zero-order valence-electron chi connectivity index (χ0n) is 11.7. The van der Waals surface area contributed by atoms with Crippen molar-refractivity contribution in [2.75, 3.05) is 27.2 Å². The van der Waals surface area contributed by atoms with Crippen LogP contribution < -0.4 is 10.1 Å². The first kappa shape index (κ1) is 13.4. The van der Waals surface area contributed by atoms with Gasteiger partial charge in [-0.25, -0.2) is 0 Å². The lowest BCUT2D eigenvalue weighted by molar-refractivity contribution is 0.323. The predicted molar refractivity (Wildman–Crippen MR) is 75.1 cm³/mol. The minimum atomic E-state index is 0.804. The number of aryl methyl sites for hydroxylation is 1. The van der Waals surface area contributed by atoms with Crippen LogP contribution in [0.15, 0.2) is 18.2 Å². The molecule has 1 aromatic rings. The molecule has 1 fully saturated rings. The van der Waals surface area contributed by atoms with Gasteiger partial charge < -0.3 is 15.0 Å². The monoisotopic (exact) mass is 248 g/mol. The van der Waals surface area contributed by atoms with Crippen LogP contribution in [0.1, 0.15) is 24.0 Å². The van der Waals surface area contributed by atoms with Crippen LogP contribution in [0.4, 0.5) is 0 Å². The summed E-state index contributed by atoms with van der Waals surface area (Å²) in [6, 6.07) is 7.26. The summed E-state index contributed by atoms with van der Waals surface area (Å²) in [7, 11) is 3.90. The Bertz CT molecular complexity index is 388. The minimum absolute atomic E-state index is 0.804. The topological polar surface area (TPSA) is 24.5 Å². The fourth-order valence-corrected chi connectivity index (χ4v) is 2.10. The molecule has 18 heavy (non-hydrogen) atoms. The zero-order valence-corrected chi connectivity index (χ0v) is 11.7. The van der Waals surface area contributed by atoms with Gasteiger partial charge in [-0.05, 0) is 44.0 Å². The highest BCUT2D eigenvalue weighted by molar-refractivity contribution is 5.36. The molecule has 1 saturated carbocycles. The van der Waals surface area contributed by atoms with Crippen LogP contribution in [0, 0.1) is 6.92 Å². The molecule has 1 N–H and O–H groups in total. The van der Waals surface area contributed by atoms with Gasteiger partial charge >= 0.3 is 0 Å². The lowest BCUT2D eigenvalue weighted by Gasteiger charge is -2.17. The van der Waals surface area contributed by atoms with Gasteiger partial charge in [0.1, 0.15) is 5.75 Å². The first-order valence-electron chi connectivity index (χ1n) is 6.74. The molecule has 0 aromatic heterocycles. The normalized spacial score (nSPS) is 15.1. The third-order valence-corrected chi connectivity index (χ3v) is 3.43. The number of hydrogen-bond donors (Lipinski definition) is 1. The highest BCUT2D eigenvalue weighted by atomic mass is 16.5. The van der Waals surface area contributed by atoms with Gasteiger partial charge in [-0.1, -0.05) is 12.1 Å². The van der Waals surface area contributed by atoms with Gasteiger partial charge in [0.25, 0.3) is 0 Å². The fraction of sp³-hybridized carbons (Fsp3) is 0.600. The highest BCUT2D eigenvalue weighted by Gasteiger charge is 2.19. The van der Waals surface area contributed by atoms with E-state index in [1.807, 2.05) is 0 Å². The molecule has 1 aliphatic rings. The number of methoxy groups -OCH3 is 1. The van der Waals surface area contributed by atoms with Crippen LogP contribution in [0.3, 0.4) is 0 Å². The second-order valence-corrected chi connectivity index (χ2v) is 5.27. The summed E-state index contributed by atoms with van der Waals surface area (Å²) in [6.07, 6.45) is 2.72. The number of nitrogens with zero attached hydrogens (tertiary/aromatic N) is 1. The average Bonchev–Trinajstić information content (AvgIpc) is 3.15. The Morgan fingerprint density at radius 2 is 2.17 bits per heavy atom. The van der Waals surface area contributed by atoms with Crippen LogP contribution >= 0.6 is 0 Å². The molecule has 0 atom stereocenters. The van der Waals surface area contributed by atoms with E-state index in [2.05, 4.69) is 42.4 Å². The van der Waals surface area contributed by atoms with Gasteiger partial charge in [-0.2, -0.15) is 0 Å². The Morgan fingerprint density at radius 1 is 1.39 bits per heavy atom. The summed E-state index contributed by atoms with van der Waals surface area (Å²) in [5.74, 6) is 0.983. The lowest BCUT2D eigenvalue weighted by atomic mass is 10.1. The van der Waals surface area contributed by atoms with E-state index in [0.29, 0.717) is 0 Å². The number of nitrogens with one attached hydrogen (secondary N) is 1. The summed E-state index contributed by atoms with van der Waals surface area (Å²) < 4.78 is 5.36. The lowest BCUT2D eigenvalue weighted by Crippen LogP contribution is -2.30. The van der Waals surface area contributed by atoms with E-state index in [9.17, 15) is 0 Å². The Balaban J connectivity index is 1.79. The minimum Gasteiger partial charge on any atom is -0.496 e. The van der Waals surface area contributed by atoms with Crippen molar-refractivity contribution in [3.63, 3.8) is 0 Å². The quantitative estimate of drug-likeness (QED) is 0.800. The second-order valence-electron chi connectivity index (χ2n) is 5.27. The number of benzene rings is 1. The van der Waals surface area contributed by atoms with Gasteiger partial charge in [-0.15, -0.1) is 0 Å². The highest BCUT2D eigenvalue weighted by Crippen LogP contribution is 2.20. The number of rotatable bonds is 7. The molecule has 0 aliphatic heterocycles. The van der Waals surface area contributed by atoms with E-state index in [-0.39, 0.29) is 0 Å². The second kappa shape index (κ2) is 6.21. The third-order valence-electron chi connectivity index (χ3n) is 3.43. The summed E-state index contributed by atoms with van der Waals surface area (Å²) in [4.78, 5) is 2.35. The summed E-state index contributed by atoms with van der Waals surface area (Å²) in [6.45, 7) is 5.23. The van der Waals surface area contributed by atoms with Crippen molar-refractivity contribution >= 4 is 0 Å². The van der Waals surface area contributed by atoms with Gasteiger partial charge in [0, 0.05) is 25.7 Å². The average molecular weight is 248 g/mol. The van der Waals surface area contributed by atoms with Crippen molar-refractivity contribution < 1.29 is 4.74 Å². The molecule has 0 saturated heterocycles. The summed E-state index contributed by atoms with van der Waals surface area (Å²) >= 11 is 0. The van der Waals surface area contributed by atoms with Gasteiger partial charge in [0.2, 0.25) is 0 Å². The van der Waals surface area contributed by atoms with Crippen LogP contribution in [0.25, 0.3) is 0 Å². The van der Waals surface area contributed by atoms with E-state index < -0.39 is 0 Å². The molecule has 3 nitrogen and oxygen atoms in total. The molecule has 1 aliphatic carbocycles. The van der Waals surface area contributed by atoms with E-state index in [0.717, 1.165) is 31.4 Å². The summed E-state index contributed by atoms with van der Waals surface area (Å²) in [5, 5.41) is 3.54.